The Hall–Kier alpha value is -2.74. The van der Waals surface area contributed by atoms with Gasteiger partial charge in [0.05, 0.1) is 7.11 Å². The highest BCUT2D eigenvalue weighted by atomic mass is 16.5. The van der Waals surface area contributed by atoms with Gasteiger partial charge in [0, 0.05) is 5.92 Å². The van der Waals surface area contributed by atoms with Crippen LogP contribution >= 0.6 is 0 Å². The third-order valence-electron chi connectivity index (χ3n) is 5.29. The molecule has 3 aromatic rings. The first kappa shape index (κ1) is 15.8. The lowest BCUT2D eigenvalue weighted by Crippen LogP contribution is -2.20. The average molecular weight is 330 g/mol. The van der Waals surface area contributed by atoms with Gasteiger partial charge in [0.2, 0.25) is 0 Å². The maximum absolute atomic E-state index is 9.69. The third-order valence-corrected chi connectivity index (χ3v) is 5.29. The monoisotopic (exact) mass is 330 g/mol. The van der Waals surface area contributed by atoms with Crippen molar-refractivity contribution in [2.75, 3.05) is 7.11 Å². The fourth-order valence-electron chi connectivity index (χ4n) is 4.08. The van der Waals surface area contributed by atoms with E-state index in [0.29, 0.717) is 11.7 Å². The molecule has 0 unspecified atom stereocenters. The summed E-state index contributed by atoms with van der Waals surface area (Å²) in [6, 6.07) is 24.9. The topological polar surface area (TPSA) is 29.5 Å². The Labute approximate surface area is 148 Å². The molecule has 0 aliphatic heterocycles. The molecule has 1 aliphatic rings. The number of aromatic hydroxyl groups is 1. The minimum absolute atomic E-state index is 0.289. The van der Waals surface area contributed by atoms with Gasteiger partial charge in [0.25, 0.3) is 0 Å². The number of benzene rings is 3. The summed E-state index contributed by atoms with van der Waals surface area (Å²) in [5.41, 5.74) is 5.36. The van der Waals surface area contributed by atoms with Gasteiger partial charge in [-0.3, -0.25) is 0 Å². The van der Waals surface area contributed by atoms with Crippen molar-refractivity contribution in [3.8, 4) is 11.5 Å². The van der Waals surface area contributed by atoms with E-state index in [1.165, 1.54) is 22.3 Å². The van der Waals surface area contributed by atoms with E-state index in [2.05, 4.69) is 60.7 Å². The van der Waals surface area contributed by atoms with Gasteiger partial charge < -0.3 is 9.84 Å². The van der Waals surface area contributed by atoms with Gasteiger partial charge in [-0.25, -0.2) is 0 Å². The molecule has 0 radical (unpaired) electrons. The van der Waals surface area contributed by atoms with E-state index in [0.717, 1.165) is 18.6 Å². The summed E-state index contributed by atoms with van der Waals surface area (Å²) in [4.78, 5) is 0. The lowest BCUT2D eigenvalue weighted by atomic mass is 9.69. The lowest BCUT2D eigenvalue weighted by molar-refractivity contribution is 0.412. The van der Waals surface area contributed by atoms with Crippen LogP contribution in [-0.2, 0) is 6.42 Å². The molecule has 0 saturated carbocycles. The van der Waals surface area contributed by atoms with Crippen molar-refractivity contribution in [1.82, 2.24) is 0 Å². The molecule has 1 aliphatic carbocycles. The second-order valence-electron chi connectivity index (χ2n) is 6.69. The van der Waals surface area contributed by atoms with Gasteiger partial charge in [-0.2, -0.15) is 0 Å². The van der Waals surface area contributed by atoms with E-state index in [1.54, 1.807) is 19.2 Å². The standard InChI is InChI=1S/C23H22O2/c1-25-20-12-14-22-18(15-20)9-13-21(16-5-3-2-4-6-16)23(22)17-7-10-19(24)11-8-17/h2-8,10-12,14-15,21,23-24H,9,13H2,1H3/t21-,23+/m1/s1. The van der Waals surface area contributed by atoms with Crippen LogP contribution in [0.4, 0.5) is 0 Å². The summed E-state index contributed by atoms with van der Waals surface area (Å²) in [6.45, 7) is 0. The van der Waals surface area contributed by atoms with Gasteiger partial charge in [0.1, 0.15) is 11.5 Å². The van der Waals surface area contributed by atoms with Crippen molar-refractivity contribution in [3.05, 3.63) is 95.1 Å². The molecule has 4 rings (SSSR count). The van der Waals surface area contributed by atoms with Crippen molar-refractivity contribution in [1.29, 1.82) is 0 Å². The van der Waals surface area contributed by atoms with Gasteiger partial charge in [-0.15, -0.1) is 0 Å². The van der Waals surface area contributed by atoms with Crippen LogP contribution in [0.1, 0.15) is 40.5 Å². The fourth-order valence-corrected chi connectivity index (χ4v) is 4.08. The molecule has 0 fully saturated rings. The van der Waals surface area contributed by atoms with E-state index >= 15 is 0 Å². The molecule has 3 aromatic carbocycles. The van der Waals surface area contributed by atoms with Crippen LogP contribution in [0.3, 0.4) is 0 Å². The summed E-state index contributed by atoms with van der Waals surface area (Å²) in [5.74, 6) is 1.96. The largest absolute Gasteiger partial charge is 0.508 e. The van der Waals surface area contributed by atoms with Crippen LogP contribution in [0, 0.1) is 0 Å². The van der Waals surface area contributed by atoms with Gasteiger partial charge >= 0.3 is 0 Å². The van der Waals surface area contributed by atoms with Crippen molar-refractivity contribution in [3.63, 3.8) is 0 Å². The van der Waals surface area contributed by atoms with Gasteiger partial charge in [-0.1, -0.05) is 48.5 Å². The van der Waals surface area contributed by atoms with Crippen LogP contribution in [0.2, 0.25) is 0 Å². The van der Waals surface area contributed by atoms with Crippen molar-refractivity contribution in [2.24, 2.45) is 0 Å². The molecule has 0 heterocycles. The number of phenols is 1. The molecule has 0 aromatic heterocycles. The molecule has 2 atom stereocenters. The molecule has 25 heavy (non-hydrogen) atoms. The summed E-state index contributed by atoms with van der Waals surface area (Å²) in [6.07, 6.45) is 2.16. The Morgan fingerprint density at radius 2 is 1.64 bits per heavy atom. The Balaban J connectivity index is 1.84. The first-order valence-corrected chi connectivity index (χ1v) is 8.77. The van der Waals surface area contributed by atoms with Crippen LogP contribution in [0.25, 0.3) is 0 Å². The molecular weight excluding hydrogens is 308 g/mol. The highest BCUT2D eigenvalue weighted by Gasteiger charge is 2.32. The second-order valence-corrected chi connectivity index (χ2v) is 6.69. The van der Waals surface area contributed by atoms with Crippen LogP contribution < -0.4 is 4.74 Å². The second kappa shape index (κ2) is 6.64. The quantitative estimate of drug-likeness (QED) is 0.709. The Kier molecular flexibility index (Phi) is 4.19. The van der Waals surface area contributed by atoms with Crippen molar-refractivity contribution < 1.29 is 9.84 Å². The molecule has 0 spiro atoms. The maximum atomic E-state index is 9.69. The summed E-state index contributed by atoms with van der Waals surface area (Å²) >= 11 is 0. The maximum Gasteiger partial charge on any atom is 0.119 e. The zero-order chi connectivity index (χ0) is 17.2. The van der Waals surface area contributed by atoms with E-state index in [4.69, 9.17) is 4.74 Å². The summed E-state index contributed by atoms with van der Waals surface area (Å²) < 4.78 is 5.42. The lowest BCUT2D eigenvalue weighted by Gasteiger charge is -2.35. The highest BCUT2D eigenvalue weighted by molar-refractivity contribution is 5.48. The first-order valence-electron chi connectivity index (χ1n) is 8.77. The number of methoxy groups -OCH3 is 1. The zero-order valence-electron chi connectivity index (χ0n) is 14.4. The number of ether oxygens (including phenoxy) is 1. The van der Waals surface area contributed by atoms with Crippen molar-refractivity contribution in [2.45, 2.75) is 24.7 Å². The molecule has 0 bridgehead atoms. The Morgan fingerprint density at radius 1 is 0.880 bits per heavy atom. The van der Waals surface area contributed by atoms with E-state index < -0.39 is 0 Å². The number of hydrogen-bond donors (Lipinski definition) is 1. The van der Waals surface area contributed by atoms with Crippen LogP contribution in [0.15, 0.2) is 72.8 Å². The van der Waals surface area contributed by atoms with Crippen LogP contribution in [0.5, 0.6) is 11.5 Å². The smallest absolute Gasteiger partial charge is 0.119 e. The molecule has 2 heteroatoms. The molecular formula is C23H22O2. The predicted octanol–water partition coefficient (Wildman–Crippen LogP) is 5.26. The highest BCUT2D eigenvalue weighted by Crippen LogP contribution is 2.47. The minimum atomic E-state index is 0.289. The van der Waals surface area contributed by atoms with Crippen LogP contribution in [-0.4, -0.2) is 12.2 Å². The Morgan fingerprint density at radius 3 is 2.36 bits per heavy atom. The zero-order valence-corrected chi connectivity index (χ0v) is 14.4. The van der Waals surface area contributed by atoms with E-state index in [-0.39, 0.29) is 5.92 Å². The van der Waals surface area contributed by atoms with E-state index in [1.807, 2.05) is 0 Å². The average Bonchev–Trinajstić information content (AvgIpc) is 2.68. The molecule has 126 valence electrons. The summed E-state index contributed by atoms with van der Waals surface area (Å²) in [7, 11) is 1.72. The fraction of sp³-hybridized carbons (Fsp3) is 0.217. The minimum Gasteiger partial charge on any atom is -0.508 e. The number of phenolic OH excluding ortho intramolecular Hbond substituents is 1. The normalized spacial score (nSPS) is 19.2. The Bertz CT molecular complexity index is 853. The van der Waals surface area contributed by atoms with Gasteiger partial charge in [-0.05, 0) is 65.3 Å². The third kappa shape index (κ3) is 3.00. The first-order chi connectivity index (χ1) is 12.3. The molecule has 1 N–H and O–H groups in total. The van der Waals surface area contributed by atoms with Gasteiger partial charge in [0.15, 0.2) is 0 Å². The summed E-state index contributed by atoms with van der Waals surface area (Å²) in [5, 5.41) is 9.69. The number of rotatable bonds is 3. The molecule has 0 saturated heterocycles. The van der Waals surface area contributed by atoms with E-state index in [9.17, 15) is 5.11 Å². The number of fused-ring (bicyclic) bond motifs is 1. The number of hydrogen-bond acceptors (Lipinski definition) is 2. The predicted molar refractivity (Wildman–Crippen MR) is 100 cm³/mol. The number of aryl methyl sites for hydroxylation is 1. The molecule has 2 nitrogen and oxygen atoms in total. The molecule has 0 amide bonds. The SMILES string of the molecule is COc1ccc2c(c1)CC[C@H](c1ccccc1)[C@@H]2c1ccc(O)cc1. The van der Waals surface area contributed by atoms with Crippen molar-refractivity contribution >= 4 is 0 Å².